The van der Waals surface area contributed by atoms with Gasteiger partial charge in [-0.3, -0.25) is 9.36 Å². The van der Waals surface area contributed by atoms with Crippen LogP contribution in [0.2, 0.25) is 5.02 Å². The Hall–Kier alpha value is -2.89. The smallest absolute Gasteiger partial charge is 0.341 e. The zero-order valence-corrected chi connectivity index (χ0v) is 23.3. The second-order valence-electron chi connectivity index (χ2n) is 8.49. The number of ether oxygens (including phenoxy) is 2. The molecule has 12 heteroatoms. The van der Waals surface area contributed by atoms with Gasteiger partial charge in [0.15, 0.2) is 11.0 Å². The maximum Gasteiger partial charge on any atom is 0.341 e. The Morgan fingerprint density at radius 2 is 2.11 bits per heavy atom. The minimum Gasteiger partial charge on any atom is -0.486 e. The van der Waals surface area contributed by atoms with Gasteiger partial charge in [0.1, 0.15) is 23.2 Å². The summed E-state index contributed by atoms with van der Waals surface area (Å²) in [6.45, 7) is 6.30. The number of aromatic nitrogens is 3. The highest BCUT2D eigenvalue weighted by Gasteiger charge is 2.27. The second kappa shape index (κ2) is 13.3. The molecule has 2 heterocycles. The third-order valence-electron chi connectivity index (χ3n) is 5.85. The van der Waals surface area contributed by atoms with Crippen molar-refractivity contribution in [3.05, 3.63) is 63.5 Å². The van der Waals surface area contributed by atoms with Crippen molar-refractivity contribution >= 4 is 51.6 Å². The van der Waals surface area contributed by atoms with Gasteiger partial charge in [-0.15, -0.1) is 28.1 Å². The van der Waals surface area contributed by atoms with E-state index in [1.165, 1.54) is 41.3 Å². The van der Waals surface area contributed by atoms with Crippen molar-refractivity contribution in [2.45, 2.75) is 57.3 Å². The lowest BCUT2D eigenvalue weighted by atomic mass is 10.1. The molecule has 202 valence electrons. The molecule has 1 aromatic carbocycles. The number of benzene rings is 1. The molecule has 4 rings (SSSR count). The van der Waals surface area contributed by atoms with E-state index in [0.717, 1.165) is 42.5 Å². The molecule has 0 aliphatic heterocycles. The number of aryl methyl sites for hydroxylation is 1. The molecule has 0 saturated heterocycles. The molecular formula is C26H28ClFN4O4S2. The largest absolute Gasteiger partial charge is 0.486 e. The number of halogens is 2. The van der Waals surface area contributed by atoms with E-state index in [2.05, 4.69) is 22.1 Å². The molecule has 1 aliphatic carbocycles. The summed E-state index contributed by atoms with van der Waals surface area (Å²) in [7, 11) is 0. The lowest BCUT2D eigenvalue weighted by molar-refractivity contribution is -0.113. The summed E-state index contributed by atoms with van der Waals surface area (Å²) in [5.74, 6) is -0.214. The normalized spacial score (nSPS) is 12.9. The zero-order chi connectivity index (χ0) is 27.1. The first-order valence-corrected chi connectivity index (χ1v) is 14.4. The second-order valence-corrected chi connectivity index (χ2v) is 10.9. The number of fused-ring (bicyclic) bond motifs is 1. The van der Waals surface area contributed by atoms with Gasteiger partial charge in [0.25, 0.3) is 0 Å². The van der Waals surface area contributed by atoms with Crippen molar-refractivity contribution in [3.63, 3.8) is 0 Å². The molecule has 0 fully saturated rings. The van der Waals surface area contributed by atoms with E-state index in [1.807, 2.05) is 0 Å². The van der Waals surface area contributed by atoms with Crippen LogP contribution >= 0.6 is 34.7 Å². The van der Waals surface area contributed by atoms with Crippen LogP contribution in [0.3, 0.4) is 0 Å². The maximum absolute atomic E-state index is 13.4. The number of rotatable bonds is 11. The molecule has 0 saturated carbocycles. The molecular weight excluding hydrogens is 551 g/mol. The Balaban J connectivity index is 1.43. The van der Waals surface area contributed by atoms with Gasteiger partial charge in [0, 0.05) is 17.5 Å². The van der Waals surface area contributed by atoms with Crippen molar-refractivity contribution in [1.29, 1.82) is 0 Å². The minimum absolute atomic E-state index is 0.0365. The summed E-state index contributed by atoms with van der Waals surface area (Å²) in [6, 6.07) is 4.09. The SMILES string of the molecule is C=CCn1c(COc2ccc(F)c(Cl)c2)nnc1SCC(=O)Nc1sc2c(c1C(=O)OCC)CCCCC2. The average molecular weight is 579 g/mol. The van der Waals surface area contributed by atoms with Gasteiger partial charge < -0.3 is 14.8 Å². The number of thiophene rings is 1. The number of nitrogens with zero attached hydrogens (tertiary/aromatic N) is 3. The van der Waals surface area contributed by atoms with Gasteiger partial charge in [-0.25, -0.2) is 9.18 Å². The molecule has 0 unspecified atom stereocenters. The van der Waals surface area contributed by atoms with E-state index >= 15 is 0 Å². The predicted octanol–water partition coefficient (Wildman–Crippen LogP) is 6.07. The molecule has 3 aromatic rings. The number of esters is 1. The standard InChI is InChI=1S/C26H28ClFN4O4S2/c1-3-12-32-21(14-36-16-10-11-19(28)18(27)13-16)30-31-26(32)37-15-22(33)29-24-23(25(34)35-4-2)17-8-6-5-7-9-20(17)38-24/h3,10-11,13H,1,4-9,12,14-15H2,2H3,(H,29,33). The third-order valence-corrected chi connectivity index (χ3v) is 8.31. The van der Waals surface area contributed by atoms with Gasteiger partial charge in [-0.05, 0) is 50.3 Å². The van der Waals surface area contributed by atoms with Crippen molar-refractivity contribution in [1.82, 2.24) is 14.8 Å². The van der Waals surface area contributed by atoms with E-state index < -0.39 is 11.8 Å². The van der Waals surface area contributed by atoms with Crippen LogP contribution in [0.1, 0.15) is 52.8 Å². The fraction of sp³-hybridized carbons (Fsp3) is 0.385. The van der Waals surface area contributed by atoms with Gasteiger partial charge in [-0.2, -0.15) is 0 Å². The number of nitrogens with one attached hydrogen (secondary N) is 1. The Bertz CT molecular complexity index is 1330. The quantitative estimate of drug-likeness (QED) is 0.128. The highest BCUT2D eigenvalue weighted by Crippen LogP contribution is 2.38. The molecule has 2 aromatic heterocycles. The van der Waals surface area contributed by atoms with Gasteiger partial charge in [0.05, 0.1) is 22.9 Å². The van der Waals surface area contributed by atoms with E-state index in [9.17, 15) is 14.0 Å². The fourth-order valence-corrected chi connectivity index (χ4v) is 6.33. The number of amides is 1. The predicted molar refractivity (Wildman–Crippen MR) is 147 cm³/mol. The molecule has 0 bridgehead atoms. The summed E-state index contributed by atoms with van der Waals surface area (Å²) in [6.07, 6.45) is 6.60. The summed E-state index contributed by atoms with van der Waals surface area (Å²) < 4.78 is 26.2. The van der Waals surface area contributed by atoms with Crippen molar-refractivity contribution in [3.8, 4) is 5.75 Å². The molecule has 1 amide bonds. The number of allylic oxidation sites excluding steroid dienone is 1. The summed E-state index contributed by atoms with van der Waals surface area (Å²) >= 11 is 8.50. The first-order chi connectivity index (χ1) is 18.4. The maximum atomic E-state index is 13.4. The Morgan fingerprint density at radius 3 is 2.87 bits per heavy atom. The molecule has 0 atom stereocenters. The van der Waals surface area contributed by atoms with Crippen LogP contribution in [-0.2, 0) is 35.5 Å². The van der Waals surface area contributed by atoms with Crippen LogP contribution in [0.4, 0.5) is 9.39 Å². The number of carbonyl (C=O) groups is 2. The number of thioether (sulfide) groups is 1. The first kappa shape index (κ1) is 28.1. The highest BCUT2D eigenvalue weighted by atomic mass is 35.5. The first-order valence-electron chi connectivity index (χ1n) is 12.3. The molecule has 8 nitrogen and oxygen atoms in total. The summed E-state index contributed by atoms with van der Waals surface area (Å²) in [4.78, 5) is 26.8. The highest BCUT2D eigenvalue weighted by molar-refractivity contribution is 7.99. The Kier molecular flexibility index (Phi) is 9.81. The van der Waals surface area contributed by atoms with E-state index in [4.69, 9.17) is 21.1 Å². The van der Waals surface area contributed by atoms with Crippen LogP contribution in [0.5, 0.6) is 5.75 Å². The van der Waals surface area contributed by atoms with Crippen LogP contribution in [0.25, 0.3) is 0 Å². The van der Waals surface area contributed by atoms with E-state index in [1.54, 1.807) is 17.6 Å². The number of hydrogen-bond acceptors (Lipinski definition) is 8. The van der Waals surface area contributed by atoms with Crippen LogP contribution in [0.15, 0.2) is 36.0 Å². The Morgan fingerprint density at radius 1 is 1.29 bits per heavy atom. The molecule has 1 N–H and O–H groups in total. The van der Waals surface area contributed by atoms with Crippen molar-refractivity contribution in [2.24, 2.45) is 0 Å². The van der Waals surface area contributed by atoms with Crippen LogP contribution < -0.4 is 10.1 Å². The Labute approximate surface area is 233 Å². The molecule has 38 heavy (non-hydrogen) atoms. The number of carbonyl (C=O) groups excluding carboxylic acids is 2. The zero-order valence-electron chi connectivity index (χ0n) is 20.9. The lowest BCUT2D eigenvalue weighted by Crippen LogP contribution is -2.17. The number of hydrogen-bond donors (Lipinski definition) is 1. The van der Waals surface area contributed by atoms with Gasteiger partial charge in [0.2, 0.25) is 5.91 Å². The number of anilines is 1. The topological polar surface area (TPSA) is 95.3 Å². The van der Waals surface area contributed by atoms with Crippen molar-refractivity contribution < 1.29 is 23.5 Å². The fourth-order valence-electron chi connectivity index (χ4n) is 4.10. The van der Waals surface area contributed by atoms with Crippen LogP contribution in [0, 0.1) is 5.82 Å². The molecule has 0 spiro atoms. The van der Waals surface area contributed by atoms with Gasteiger partial charge >= 0.3 is 5.97 Å². The van der Waals surface area contributed by atoms with Crippen molar-refractivity contribution in [2.75, 3.05) is 17.7 Å². The lowest BCUT2D eigenvalue weighted by Gasteiger charge is -2.10. The summed E-state index contributed by atoms with van der Waals surface area (Å²) in [5, 5.41) is 12.3. The van der Waals surface area contributed by atoms with E-state index in [-0.39, 0.29) is 29.9 Å². The van der Waals surface area contributed by atoms with Crippen LogP contribution in [-0.4, -0.2) is 39.0 Å². The van der Waals surface area contributed by atoms with E-state index in [0.29, 0.717) is 33.8 Å². The monoisotopic (exact) mass is 578 g/mol. The summed E-state index contributed by atoms with van der Waals surface area (Å²) in [5.41, 5.74) is 1.49. The average Bonchev–Trinajstić information content (AvgIpc) is 3.35. The minimum atomic E-state index is -0.529. The molecule has 1 aliphatic rings. The third kappa shape index (κ3) is 6.75. The molecule has 0 radical (unpaired) electrons. The van der Waals surface area contributed by atoms with Gasteiger partial charge in [-0.1, -0.05) is 35.9 Å².